The zero-order valence-electron chi connectivity index (χ0n) is 9.98. The van der Waals surface area contributed by atoms with Gasteiger partial charge in [0.05, 0.1) is 10.7 Å². The van der Waals surface area contributed by atoms with Crippen LogP contribution >= 0.6 is 23.4 Å². The van der Waals surface area contributed by atoms with Crippen LogP contribution in [0.2, 0.25) is 5.02 Å². The van der Waals surface area contributed by atoms with E-state index >= 15 is 0 Å². The summed E-state index contributed by atoms with van der Waals surface area (Å²) in [5.74, 6) is 0.0971. The molecule has 0 bridgehead atoms. The summed E-state index contributed by atoms with van der Waals surface area (Å²) >= 11 is 7.56. The number of phenolic OH excluding ortho intramolecular Hbond substituents is 1. The molecule has 2 rings (SSSR count). The first-order chi connectivity index (χ1) is 8.70. The molecule has 0 aliphatic heterocycles. The number of rotatable bonds is 4. The van der Waals surface area contributed by atoms with E-state index in [1.807, 2.05) is 0 Å². The fourth-order valence-electron chi connectivity index (χ4n) is 1.60. The van der Waals surface area contributed by atoms with Crippen molar-refractivity contribution in [1.82, 2.24) is 0 Å². The van der Waals surface area contributed by atoms with Crippen LogP contribution in [0.25, 0.3) is 0 Å². The van der Waals surface area contributed by atoms with Crippen molar-refractivity contribution in [2.75, 3.05) is 11.6 Å². The fraction of sp³-hybridized carbons (Fsp3) is 0.143. The first-order valence-electron chi connectivity index (χ1n) is 5.55. The smallest absolute Gasteiger partial charge is 0.157 e. The second-order valence-electron chi connectivity index (χ2n) is 3.84. The number of para-hydroxylation sites is 1. The monoisotopic (exact) mass is 279 g/mol. The van der Waals surface area contributed by atoms with E-state index in [9.17, 15) is 5.11 Å². The summed E-state index contributed by atoms with van der Waals surface area (Å²) in [6.07, 6.45) is 2.05. The summed E-state index contributed by atoms with van der Waals surface area (Å²) in [7, 11) is 0. The van der Waals surface area contributed by atoms with Crippen molar-refractivity contribution < 1.29 is 5.11 Å². The van der Waals surface area contributed by atoms with E-state index in [2.05, 4.69) is 35.8 Å². The van der Waals surface area contributed by atoms with Gasteiger partial charge in [0.15, 0.2) is 5.75 Å². The molecule has 0 spiro atoms. The Kier molecular flexibility index (Phi) is 4.39. The highest BCUT2D eigenvalue weighted by atomic mass is 35.5. The molecule has 0 saturated heterocycles. The Morgan fingerprint density at radius 3 is 2.56 bits per heavy atom. The topological polar surface area (TPSA) is 32.3 Å². The zero-order valence-corrected chi connectivity index (χ0v) is 11.6. The molecule has 2 N–H and O–H groups in total. The zero-order chi connectivity index (χ0) is 13.0. The van der Waals surface area contributed by atoms with Gasteiger partial charge in [-0.25, -0.2) is 0 Å². The predicted molar refractivity (Wildman–Crippen MR) is 78.7 cm³/mol. The molecule has 0 aliphatic rings. The van der Waals surface area contributed by atoms with Crippen molar-refractivity contribution >= 4 is 29.1 Å². The molecule has 2 nitrogen and oxygen atoms in total. The van der Waals surface area contributed by atoms with Gasteiger partial charge in [0.25, 0.3) is 0 Å². The van der Waals surface area contributed by atoms with Crippen molar-refractivity contribution in [1.29, 1.82) is 0 Å². The number of anilines is 1. The van der Waals surface area contributed by atoms with E-state index in [4.69, 9.17) is 11.6 Å². The Bertz CT molecular complexity index is 528. The lowest BCUT2D eigenvalue weighted by Crippen LogP contribution is -1.99. The van der Waals surface area contributed by atoms with E-state index in [0.29, 0.717) is 17.3 Å². The molecule has 0 amide bonds. The van der Waals surface area contributed by atoms with Gasteiger partial charge in [-0.2, -0.15) is 0 Å². The van der Waals surface area contributed by atoms with Crippen LogP contribution in [0.1, 0.15) is 5.56 Å². The molecule has 0 saturated carbocycles. The maximum Gasteiger partial charge on any atom is 0.157 e. The molecule has 0 fully saturated rings. The highest BCUT2D eigenvalue weighted by Gasteiger charge is 2.04. The molecule has 4 heteroatoms. The van der Waals surface area contributed by atoms with Gasteiger partial charge in [-0.3, -0.25) is 0 Å². The number of hydrogen-bond donors (Lipinski definition) is 2. The van der Waals surface area contributed by atoms with E-state index in [0.717, 1.165) is 5.56 Å². The van der Waals surface area contributed by atoms with Crippen molar-refractivity contribution in [3.8, 4) is 5.75 Å². The SMILES string of the molecule is CSc1ccc(CNc2cccc(Cl)c2O)cc1. The molecular weight excluding hydrogens is 266 g/mol. The van der Waals surface area contributed by atoms with Gasteiger partial charge in [0.1, 0.15) is 0 Å². The van der Waals surface area contributed by atoms with Crippen molar-refractivity contribution in [2.45, 2.75) is 11.4 Å². The van der Waals surface area contributed by atoms with Crippen LogP contribution in [0, 0.1) is 0 Å². The standard InChI is InChI=1S/C14H14ClNOS/c1-18-11-7-5-10(6-8-11)9-16-13-4-2-3-12(15)14(13)17/h2-8,16-17H,9H2,1H3. The van der Waals surface area contributed by atoms with Gasteiger partial charge in [-0.15, -0.1) is 11.8 Å². The molecule has 0 aliphatic carbocycles. The van der Waals surface area contributed by atoms with Gasteiger partial charge in [0, 0.05) is 11.4 Å². The molecule has 0 heterocycles. The molecule has 2 aromatic rings. The Morgan fingerprint density at radius 2 is 1.89 bits per heavy atom. The van der Waals surface area contributed by atoms with Gasteiger partial charge in [0.2, 0.25) is 0 Å². The van der Waals surface area contributed by atoms with E-state index < -0.39 is 0 Å². The first-order valence-corrected chi connectivity index (χ1v) is 7.15. The molecule has 0 unspecified atom stereocenters. The van der Waals surface area contributed by atoms with Gasteiger partial charge in [-0.1, -0.05) is 29.8 Å². The maximum absolute atomic E-state index is 9.76. The van der Waals surface area contributed by atoms with E-state index in [-0.39, 0.29) is 5.75 Å². The lowest BCUT2D eigenvalue weighted by Gasteiger charge is -2.09. The summed E-state index contributed by atoms with van der Waals surface area (Å²) in [5.41, 5.74) is 1.81. The number of phenols is 1. The molecule has 94 valence electrons. The highest BCUT2D eigenvalue weighted by molar-refractivity contribution is 7.98. The van der Waals surface area contributed by atoms with Gasteiger partial charge < -0.3 is 10.4 Å². The van der Waals surface area contributed by atoms with Crippen LogP contribution in [0.5, 0.6) is 5.75 Å². The Morgan fingerprint density at radius 1 is 1.17 bits per heavy atom. The minimum absolute atomic E-state index is 0.0971. The molecule has 0 radical (unpaired) electrons. The maximum atomic E-state index is 9.76. The summed E-state index contributed by atoms with van der Waals surface area (Å²) < 4.78 is 0. The number of aromatic hydroxyl groups is 1. The number of thioether (sulfide) groups is 1. The van der Waals surface area contributed by atoms with Crippen LogP contribution < -0.4 is 5.32 Å². The number of hydrogen-bond acceptors (Lipinski definition) is 3. The average Bonchev–Trinajstić information content (AvgIpc) is 2.41. The van der Waals surface area contributed by atoms with Crippen LogP contribution in [-0.2, 0) is 6.54 Å². The lowest BCUT2D eigenvalue weighted by molar-refractivity contribution is 0.477. The first kappa shape index (κ1) is 13.1. The minimum atomic E-state index is 0.0971. The minimum Gasteiger partial charge on any atom is -0.504 e. The van der Waals surface area contributed by atoms with Crippen molar-refractivity contribution in [3.63, 3.8) is 0 Å². The van der Waals surface area contributed by atoms with Crippen LogP contribution in [0.15, 0.2) is 47.4 Å². The third-order valence-corrected chi connectivity index (χ3v) is 3.68. The molecule has 18 heavy (non-hydrogen) atoms. The van der Waals surface area contributed by atoms with E-state index in [1.165, 1.54) is 4.90 Å². The largest absolute Gasteiger partial charge is 0.504 e. The Labute approximate surface area is 116 Å². The van der Waals surface area contributed by atoms with Crippen LogP contribution in [0.3, 0.4) is 0 Å². The van der Waals surface area contributed by atoms with Crippen LogP contribution in [-0.4, -0.2) is 11.4 Å². The summed E-state index contributed by atoms with van der Waals surface area (Å²) in [6, 6.07) is 13.6. The summed E-state index contributed by atoms with van der Waals surface area (Å²) in [4.78, 5) is 1.24. The van der Waals surface area contributed by atoms with Gasteiger partial charge >= 0.3 is 0 Å². The van der Waals surface area contributed by atoms with E-state index in [1.54, 1.807) is 30.0 Å². The fourth-order valence-corrected chi connectivity index (χ4v) is 2.18. The molecule has 0 aromatic heterocycles. The highest BCUT2D eigenvalue weighted by Crippen LogP contribution is 2.31. The Hall–Kier alpha value is -1.32. The second-order valence-corrected chi connectivity index (χ2v) is 5.12. The number of benzene rings is 2. The normalized spacial score (nSPS) is 10.3. The number of nitrogens with one attached hydrogen (secondary N) is 1. The molecule has 2 aromatic carbocycles. The van der Waals surface area contributed by atoms with Gasteiger partial charge in [-0.05, 0) is 36.1 Å². The predicted octanol–water partition coefficient (Wildman–Crippen LogP) is 4.38. The summed E-state index contributed by atoms with van der Waals surface area (Å²) in [5, 5.41) is 13.3. The average molecular weight is 280 g/mol. The quantitative estimate of drug-likeness (QED) is 0.643. The number of halogens is 1. The van der Waals surface area contributed by atoms with Crippen LogP contribution in [0.4, 0.5) is 5.69 Å². The molecular formula is C14H14ClNOS. The van der Waals surface area contributed by atoms with Crippen molar-refractivity contribution in [2.24, 2.45) is 0 Å². The third-order valence-electron chi connectivity index (χ3n) is 2.63. The summed E-state index contributed by atoms with van der Waals surface area (Å²) in [6.45, 7) is 0.655. The lowest BCUT2D eigenvalue weighted by atomic mass is 10.2. The van der Waals surface area contributed by atoms with Crippen molar-refractivity contribution in [3.05, 3.63) is 53.1 Å². The Balaban J connectivity index is 2.04. The second kappa shape index (κ2) is 6.03. The third kappa shape index (κ3) is 3.12. The molecule has 0 atom stereocenters.